The fourth-order valence-corrected chi connectivity index (χ4v) is 2.41. The SMILES string of the molecule is COCC(O)CNC(=O)NC1CCc2cc(F)ccc21. The Bertz CT molecular complexity index is 481. The number of rotatable bonds is 5. The van der Waals surface area contributed by atoms with Crippen molar-refractivity contribution in [1.82, 2.24) is 10.6 Å². The average molecular weight is 282 g/mol. The molecule has 0 fully saturated rings. The van der Waals surface area contributed by atoms with Crippen LogP contribution in [-0.2, 0) is 11.2 Å². The Hall–Kier alpha value is -1.66. The van der Waals surface area contributed by atoms with E-state index in [-0.39, 0.29) is 31.0 Å². The van der Waals surface area contributed by atoms with Crippen LogP contribution in [0.1, 0.15) is 23.6 Å². The van der Waals surface area contributed by atoms with Crippen molar-refractivity contribution >= 4 is 6.03 Å². The van der Waals surface area contributed by atoms with Crippen LogP contribution in [0.4, 0.5) is 9.18 Å². The molecule has 2 atom stereocenters. The summed E-state index contributed by atoms with van der Waals surface area (Å²) in [5, 5.41) is 14.8. The lowest BCUT2D eigenvalue weighted by atomic mass is 10.1. The molecule has 110 valence electrons. The Morgan fingerprint density at radius 2 is 2.40 bits per heavy atom. The van der Waals surface area contributed by atoms with Gasteiger partial charge in [0.1, 0.15) is 5.82 Å². The zero-order valence-corrected chi connectivity index (χ0v) is 11.4. The molecule has 3 N–H and O–H groups in total. The van der Waals surface area contributed by atoms with Gasteiger partial charge in [0.2, 0.25) is 0 Å². The lowest BCUT2D eigenvalue weighted by molar-refractivity contribution is 0.0659. The number of hydrogen-bond acceptors (Lipinski definition) is 3. The first-order valence-electron chi connectivity index (χ1n) is 6.60. The summed E-state index contributed by atoms with van der Waals surface area (Å²) in [6, 6.07) is 4.17. The maximum atomic E-state index is 13.1. The summed E-state index contributed by atoms with van der Waals surface area (Å²) >= 11 is 0. The second kappa shape index (κ2) is 6.67. The van der Waals surface area contributed by atoms with Crippen molar-refractivity contribution < 1.29 is 19.0 Å². The molecule has 2 amide bonds. The van der Waals surface area contributed by atoms with E-state index >= 15 is 0 Å². The molecule has 2 unspecified atom stereocenters. The van der Waals surface area contributed by atoms with E-state index in [4.69, 9.17) is 4.74 Å². The van der Waals surface area contributed by atoms with Crippen molar-refractivity contribution in [2.24, 2.45) is 0 Å². The van der Waals surface area contributed by atoms with Crippen LogP contribution < -0.4 is 10.6 Å². The Morgan fingerprint density at radius 3 is 3.15 bits per heavy atom. The highest BCUT2D eigenvalue weighted by molar-refractivity contribution is 5.74. The van der Waals surface area contributed by atoms with Crippen LogP contribution in [0.25, 0.3) is 0 Å². The molecule has 1 aromatic rings. The zero-order valence-electron chi connectivity index (χ0n) is 11.4. The lowest BCUT2D eigenvalue weighted by Gasteiger charge is -2.16. The molecule has 1 aromatic carbocycles. The number of fused-ring (bicyclic) bond motifs is 1. The number of nitrogens with one attached hydrogen (secondary N) is 2. The largest absolute Gasteiger partial charge is 0.389 e. The van der Waals surface area contributed by atoms with Crippen molar-refractivity contribution in [3.05, 3.63) is 35.1 Å². The summed E-state index contributed by atoms with van der Waals surface area (Å²) in [7, 11) is 1.48. The summed E-state index contributed by atoms with van der Waals surface area (Å²) in [5.41, 5.74) is 1.90. The molecule has 0 spiro atoms. The highest BCUT2D eigenvalue weighted by atomic mass is 19.1. The number of carbonyl (C=O) groups excluding carboxylic acids is 1. The molecule has 5 nitrogen and oxygen atoms in total. The van der Waals surface area contributed by atoms with Gasteiger partial charge in [0.15, 0.2) is 0 Å². The molecule has 0 saturated carbocycles. The van der Waals surface area contributed by atoms with Gasteiger partial charge in [-0.05, 0) is 36.1 Å². The number of aliphatic hydroxyl groups excluding tert-OH is 1. The molecule has 6 heteroatoms. The van der Waals surface area contributed by atoms with Gasteiger partial charge in [-0.15, -0.1) is 0 Å². The van der Waals surface area contributed by atoms with E-state index in [1.807, 2.05) is 0 Å². The van der Waals surface area contributed by atoms with Crippen molar-refractivity contribution in [3.8, 4) is 0 Å². The first-order valence-corrected chi connectivity index (χ1v) is 6.60. The predicted octanol–water partition coefficient (Wildman–Crippen LogP) is 1.12. The fourth-order valence-electron chi connectivity index (χ4n) is 2.41. The molecule has 0 heterocycles. The van der Waals surface area contributed by atoms with Crippen molar-refractivity contribution in [2.75, 3.05) is 20.3 Å². The van der Waals surface area contributed by atoms with Gasteiger partial charge in [0.25, 0.3) is 0 Å². The summed E-state index contributed by atoms with van der Waals surface area (Å²) in [4.78, 5) is 11.7. The minimum Gasteiger partial charge on any atom is -0.389 e. The predicted molar refractivity (Wildman–Crippen MR) is 71.9 cm³/mol. The first-order chi connectivity index (χ1) is 9.60. The normalized spacial score (nSPS) is 18.4. The van der Waals surface area contributed by atoms with Crippen molar-refractivity contribution in [1.29, 1.82) is 0 Å². The summed E-state index contributed by atoms with van der Waals surface area (Å²) in [6.45, 7) is 0.300. The summed E-state index contributed by atoms with van der Waals surface area (Å²) < 4.78 is 17.9. The number of benzene rings is 1. The van der Waals surface area contributed by atoms with E-state index in [2.05, 4.69) is 10.6 Å². The average Bonchev–Trinajstić information content (AvgIpc) is 2.79. The molecule has 1 aliphatic rings. The van der Waals surface area contributed by atoms with Crippen LogP contribution in [0.15, 0.2) is 18.2 Å². The number of aryl methyl sites for hydroxylation is 1. The van der Waals surface area contributed by atoms with Crippen LogP contribution in [0.3, 0.4) is 0 Å². The third-order valence-electron chi connectivity index (χ3n) is 3.35. The highest BCUT2D eigenvalue weighted by Gasteiger charge is 2.24. The Kier molecular flexibility index (Phi) is 4.92. The second-order valence-corrected chi connectivity index (χ2v) is 4.90. The summed E-state index contributed by atoms with van der Waals surface area (Å²) in [5.74, 6) is -0.253. The number of hydrogen-bond donors (Lipinski definition) is 3. The van der Waals surface area contributed by atoms with Gasteiger partial charge < -0.3 is 20.5 Å². The van der Waals surface area contributed by atoms with Gasteiger partial charge in [0.05, 0.1) is 18.8 Å². The van der Waals surface area contributed by atoms with E-state index in [0.717, 1.165) is 24.0 Å². The van der Waals surface area contributed by atoms with Gasteiger partial charge in [-0.1, -0.05) is 6.07 Å². The van der Waals surface area contributed by atoms with Crippen molar-refractivity contribution in [2.45, 2.75) is 25.0 Å². The van der Waals surface area contributed by atoms with E-state index in [1.54, 1.807) is 6.07 Å². The lowest BCUT2D eigenvalue weighted by Crippen LogP contribution is -2.41. The molecule has 0 radical (unpaired) electrons. The number of ether oxygens (including phenoxy) is 1. The molecule has 1 aliphatic carbocycles. The molecule has 0 aromatic heterocycles. The number of carbonyl (C=O) groups is 1. The number of urea groups is 1. The molecular weight excluding hydrogens is 263 g/mol. The van der Waals surface area contributed by atoms with Gasteiger partial charge in [-0.25, -0.2) is 9.18 Å². The van der Waals surface area contributed by atoms with Gasteiger partial charge >= 0.3 is 6.03 Å². The number of aliphatic hydroxyl groups is 1. The van der Waals surface area contributed by atoms with Gasteiger partial charge in [-0.3, -0.25) is 0 Å². The molecule has 0 aliphatic heterocycles. The quantitative estimate of drug-likeness (QED) is 0.758. The van der Waals surface area contributed by atoms with Crippen LogP contribution in [0.5, 0.6) is 0 Å². The van der Waals surface area contributed by atoms with Gasteiger partial charge in [0, 0.05) is 13.7 Å². The minimum atomic E-state index is -0.726. The third kappa shape index (κ3) is 3.68. The smallest absolute Gasteiger partial charge is 0.315 e. The monoisotopic (exact) mass is 282 g/mol. The minimum absolute atomic E-state index is 0.106. The maximum absolute atomic E-state index is 13.1. The van der Waals surface area contributed by atoms with E-state index in [9.17, 15) is 14.3 Å². The zero-order chi connectivity index (χ0) is 14.5. The van der Waals surface area contributed by atoms with Gasteiger partial charge in [-0.2, -0.15) is 0 Å². The van der Waals surface area contributed by atoms with E-state index in [0.29, 0.717) is 0 Å². The Labute approximate surface area is 117 Å². The standard InChI is InChI=1S/C14H19FN2O3/c1-20-8-11(18)7-16-14(19)17-13-5-2-9-6-10(15)3-4-12(9)13/h3-4,6,11,13,18H,2,5,7-8H2,1H3,(H2,16,17,19). The summed E-state index contributed by atoms with van der Waals surface area (Å²) in [6.07, 6.45) is 0.785. The highest BCUT2D eigenvalue weighted by Crippen LogP contribution is 2.31. The second-order valence-electron chi connectivity index (χ2n) is 4.90. The molecule has 20 heavy (non-hydrogen) atoms. The van der Waals surface area contributed by atoms with Crippen LogP contribution >= 0.6 is 0 Å². The first kappa shape index (κ1) is 14.7. The topological polar surface area (TPSA) is 70.6 Å². The Morgan fingerprint density at radius 1 is 1.60 bits per heavy atom. The number of amides is 2. The fraction of sp³-hybridized carbons (Fsp3) is 0.500. The number of halogens is 1. The van der Waals surface area contributed by atoms with Crippen LogP contribution in [0.2, 0.25) is 0 Å². The van der Waals surface area contributed by atoms with E-state index in [1.165, 1.54) is 19.2 Å². The molecule has 2 rings (SSSR count). The number of methoxy groups -OCH3 is 1. The third-order valence-corrected chi connectivity index (χ3v) is 3.35. The molecule has 0 bridgehead atoms. The molecule has 0 saturated heterocycles. The van der Waals surface area contributed by atoms with Crippen molar-refractivity contribution in [3.63, 3.8) is 0 Å². The van der Waals surface area contributed by atoms with Crippen LogP contribution in [0, 0.1) is 5.82 Å². The van der Waals surface area contributed by atoms with Crippen LogP contribution in [-0.4, -0.2) is 37.5 Å². The van der Waals surface area contributed by atoms with E-state index < -0.39 is 6.10 Å². The molecular formula is C14H19FN2O3. The Balaban J connectivity index is 1.85. The maximum Gasteiger partial charge on any atom is 0.315 e.